The highest BCUT2D eigenvalue weighted by molar-refractivity contribution is 6.32. The van der Waals surface area contributed by atoms with Crippen molar-refractivity contribution in [2.75, 3.05) is 0 Å². The van der Waals surface area contributed by atoms with E-state index in [1.807, 2.05) is 0 Å². The summed E-state index contributed by atoms with van der Waals surface area (Å²) in [6.07, 6.45) is -3.57. The third-order valence-electron chi connectivity index (χ3n) is 4.32. The van der Waals surface area contributed by atoms with Gasteiger partial charge in [0.2, 0.25) is 0 Å². The number of benzene rings is 2. The van der Waals surface area contributed by atoms with Gasteiger partial charge in [-0.1, -0.05) is 23.7 Å². The van der Waals surface area contributed by atoms with Crippen LogP contribution in [0.15, 0.2) is 47.5 Å². The normalized spacial score (nSPS) is 12.2. The van der Waals surface area contributed by atoms with E-state index in [9.17, 15) is 22.4 Å². The molecule has 0 saturated heterocycles. The first-order chi connectivity index (χ1) is 12.7. The molecule has 0 saturated carbocycles. The minimum atomic E-state index is -4.92. The summed E-state index contributed by atoms with van der Waals surface area (Å²) in [5.74, 6) is -1.43. The molecule has 4 aromatic rings. The summed E-state index contributed by atoms with van der Waals surface area (Å²) in [6, 6.07) is 7.62. The molecule has 0 fully saturated rings. The van der Waals surface area contributed by atoms with Gasteiger partial charge in [0.25, 0.3) is 5.56 Å². The second-order valence-corrected chi connectivity index (χ2v) is 6.40. The van der Waals surface area contributed by atoms with Crippen molar-refractivity contribution in [3.05, 3.63) is 69.5 Å². The van der Waals surface area contributed by atoms with Crippen LogP contribution in [0.3, 0.4) is 0 Å². The summed E-state index contributed by atoms with van der Waals surface area (Å²) in [7, 11) is 1.57. The molecule has 0 amide bonds. The van der Waals surface area contributed by atoms with Gasteiger partial charge < -0.3 is 4.57 Å². The zero-order valence-corrected chi connectivity index (χ0v) is 14.4. The molecule has 0 unspecified atom stereocenters. The zero-order chi connectivity index (χ0) is 19.5. The summed E-state index contributed by atoms with van der Waals surface area (Å²) >= 11 is 6.17. The molecule has 27 heavy (non-hydrogen) atoms. The van der Waals surface area contributed by atoms with Gasteiger partial charge in [0, 0.05) is 12.4 Å². The fourth-order valence-corrected chi connectivity index (χ4v) is 3.37. The number of imidazole rings is 1. The maximum Gasteiger partial charge on any atom is 0.419 e. The Hall–Kier alpha value is -2.87. The highest BCUT2D eigenvalue weighted by Crippen LogP contribution is 2.36. The summed E-state index contributed by atoms with van der Waals surface area (Å²) in [5.41, 5.74) is -1.79. The molecule has 0 aliphatic heterocycles. The Morgan fingerprint density at radius 2 is 1.85 bits per heavy atom. The molecule has 2 aromatic heterocycles. The Morgan fingerprint density at radius 1 is 1.15 bits per heavy atom. The van der Waals surface area contributed by atoms with Crippen molar-refractivity contribution in [2.45, 2.75) is 6.18 Å². The predicted octanol–water partition coefficient (Wildman–Crippen LogP) is 4.69. The molecule has 0 N–H and O–H groups in total. The van der Waals surface area contributed by atoms with Crippen LogP contribution >= 0.6 is 11.6 Å². The fourth-order valence-electron chi connectivity index (χ4n) is 3.15. The van der Waals surface area contributed by atoms with Crippen molar-refractivity contribution in [1.29, 1.82) is 0 Å². The van der Waals surface area contributed by atoms with E-state index in [-0.39, 0.29) is 32.6 Å². The molecule has 0 radical (unpaired) electrons. The largest absolute Gasteiger partial charge is 0.419 e. The van der Waals surface area contributed by atoms with Crippen LogP contribution in [0.25, 0.3) is 27.6 Å². The summed E-state index contributed by atoms with van der Waals surface area (Å²) in [5, 5.41) is 0.282. The number of rotatable bonds is 1. The van der Waals surface area contributed by atoms with Crippen LogP contribution in [-0.2, 0) is 13.2 Å². The molecular weight excluding hydrogens is 386 g/mol. The number of hydrogen-bond acceptors (Lipinski definition) is 2. The van der Waals surface area contributed by atoms with E-state index in [1.165, 1.54) is 23.0 Å². The maximum absolute atomic E-state index is 14.2. The third kappa shape index (κ3) is 2.59. The summed E-state index contributed by atoms with van der Waals surface area (Å²) in [6.45, 7) is 0. The monoisotopic (exact) mass is 395 g/mol. The fraction of sp³-hybridized carbons (Fsp3) is 0.111. The van der Waals surface area contributed by atoms with Gasteiger partial charge in [0.1, 0.15) is 5.82 Å². The number of pyridine rings is 1. The number of alkyl halides is 3. The molecular formula is C18H10ClF4N3O. The predicted molar refractivity (Wildman–Crippen MR) is 93.8 cm³/mol. The topological polar surface area (TPSA) is 39.8 Å². The number of halogens is 5. The first-order valence-corrected chi connectivity index (χ1v) is 8.09. The van der Waals surface area contributed by atoms with Gasteiger partial charge in [-0.15, -0.1) is 0 Å². The van der Waals surface area contributed by atoms with E-state index < -0.39 is 23.1 Å². The van der Waals surface area contributed by atoms with Crippen molar-refractivity contribution in [1.82, 2.24) is 14.1 Å². The number of fused-ring (bicyclic) bond motifs is 3. The summed E-state index contributed by atoms with van der Waals surface area (Å²) in [4.78, 5) is 17.0. The van der Waals surface area contributed by atoms with Gasteiger partial charge in [-0.25, -0.2) is 9.37 Å². The SMILES string of the molecule is Cn1cnc2c(=O)n(-c3ccccc3Cl)c3cc(C(F)(F)F)c(F)cc3c21. The zero-order valence-electron chi connectivity index (χ0n) is 13.7. The van der Waals surface area contributed by atoms with E-state index in [4.69, 9.17) is 11.6 Å². The van der Waals surface area contributed by atoms with E-state index in [2.05, 4.69) is 4.98 Å². The molecule has 0 atom stereocenters. The van der Waals surface area contributed by atoms with E-state index in [0.29, 0.717) is 6.07 Å². The Morgan fingerprint density at radius 3 is 2.52 bits per heavy atom. The lowest BCUT2D eigenvalue weighted by molar-refractivity contribution is -0.139. The van der Waals surface area contributed by atoms with Crippen molar-refractivity contribution in [3.63, 3.8) is 0 Å². The van der Waals surface area contributed by atoms with Crippen molar-refractivity contribution in [3.8, 4) is 5.69 Å². The van der Waals surface area contributed by atoms with E-state index >= 15 is 0 Å². The molecule has 0 spiro atoms. The number of para-hydroxylation sites is 1. The van der Waals surface area contributed by atoms with Crippen LogP contribution in [0.1, 0.15) is 5.56 Å². The summed E-state index contributed by atoms with van der Waals surface area (Å²) < 4.78 is 56.5. The first-order valence-electron chi connectivity index (χ1n) is 7.71. The highest BCUT2D eigenvalue weighted by atomic mass is 35.5. The third-order valence-corrected chi connectivity index (χ3v) is 4.64. The second kappa shape index (κ2) is 5.82. The van der Waals surface area contributed by atoms with Crippen LogP contribution in [-0.4, -0.2) is 14.1 Å². The first kappa shape index (κ1) is 17.5. The smallest absolute Gasteiger partial charge is 0.333 e. The van der Waals surface area contributed by atoms with E-state index in [1.54, 1.807) is 19.2 Å². The Kier molecular flexibility index (Phi) is 3.78. The number of hydrogen-bond donors (Lipinski definition) is 0. The standard InChI is InChI=1S/C18H10ClF4N3O/c1-25-8-24-15-16(25)9-6-12(20)10(18(21,22)23)7-14(9)26(17(15)27)13-5-3-2-4-11(13)19/h2-8H,1H3. The average Bonchev–Trinajstić information content (AvgIpc) is 2.98. The minimum absolute atomic E-state index is 0.00378. The lowest BCUT2D eigenvalue weighted by Gasteiger charge is -2.16. The molecule has 2 aromatic carbocycles. The van der Waals surface area contributed by atoms with Gasteiger partial charge in [-0.2, -0.15) is 13.2 Å². The second-order valence-electron chi connectivity index (χ2n) is 5.99. The maximum atomic E-state index is 14.2. The van der Waals surface area contributed by atoms with Crippen LogP contribution < -0.4 is 5.56 Å². The molecule has 9 heteroatoms. The van der Waals surface area contributed by atoms with Gasteiger partial charge in [-0.3, -0.25) is 9.36 Å². The molecule has 138 valence electrons. The average molecular weight is 396 g/mol. The number of aromatic nitrogens is 3. The van der Waals surface area contributed by atoms with Crippen LogP contribution in [0, 0.1) is 5.82 Å². The van der Waals surface area contributed by atoms with Gasteiger partial charge >= 0.3 is 6.18 Å². The molecule has 4 rings (SSSR count). The molecule has 2 heterocycles. The molecule has 4 nitrogen and oxygen atoms in total. The minimum Gasteiger partial charge on any atom is -0.333 e. The lowest BCUT2D eigenvalue weighted by atomic mass is 10.1. The molecule has 0 aliphatic carbocycles. The van der Waals surface area contributed by atoms with Crippen LogP contribution in [0.4, 0.5) is 17.6 Å². The Labute approximate surface area is 154 Å². The highest BCUT2D eigenvalue weighted by Gasteiger charge is 2.35. The number of nitrogens with zero attached hydrogens (tertiary/aromatic N) is 3. The quantitative estimate of drug-likeness (QED) is 0.439. The molecule has 0 bridgehead atoms. The molecule has 0 aliphatic rings. The van der Waals surface area contributed by atoms with Gasteiger partial charge in [-0.05, 0) is 24.3 Å². The van der Waals surface area contributed by atoms with Gasteiger partial charge in [0.05, 0.1) is 33.6 Å². The van der Waals surface area contributed by atoms with E-state index in [0.717, 1.165) is 10.6 Å². The van der Waals surface area contributed by atoms with Crippen LogP contribution in [0.5, 0.6) is 0 Å². The van der Waals surface area contributed by atoms with Crippen LogP contribution in [0.2, 0.25) is 5.02 Å². The van der Waals surface area contributed by atoms with Crippen molar-refractivity contribution >= 4 is 33.5 Å². The number of aryl methyl sites for hydroxylation is 1. The van der Waals surface area contributed by atoms with Gasteiger partial charge in [0.15, 0.2) is 5.52 Å². The van der Waals surface area contributed by atoms with Crippen molar-refractivity contribution in [2.24, 2.45) is 7.05 Å². The van der Waals surface area contributed by atoms with Crippen molar-refractivity contribution < 1.29 is 17.6 Å². The Balaban J connectivity index is 2.29. The lowest BCUT2D eigenvalue weighted by Crippen LogP contribution is -2.21. The Bertz CT molecular complexity index is 1270.